The zero-order chi connectivity index (χ0) is 14.7. The SMILES string of the molecule is C[C@@H](NCc1nnc(-c2ccco2)o1)c1ccc(Cl)cc1. The Morgan fingerprint density at radius 3 is 2.71 bits per heavy atom. The third-order valence-electron chi connectivity index (χ3n) is 3.13. The molecule has 1 aromatic carbocycles. The summed E-state index contributed by atoms with van der Waals surface area (Å²) < 4.78 is 10.7. The van der Waals surface area contributed by atoms with Crippen molar-refractivity contribution in [3.8, 4) is 11.7 Å². The van der Waals surface area contributed by atoms with Crippen LogP contribution < -0.4 is 5.32 Å². The zero-order valence-corrected chi connectivity index (χ0v) is 12.2. The van der Waals surface area contributed by atoms with Crippen LogP contribution in [-0.4, -0.2) is 10.2 Å². The second kappa shape index (κ2) is 6.11. The molecule has 0 amide bonds. The van der Waals surface area contributed by atoms with E-state index in [2.05, 4.69) is 22.4 Å². The van der Waals surface area contributed by atoms with E-state index in [1.165, 1.54) is 0 Å². The quantitative estimate of drug-likeness (QED) is 0.776. The molecule has 6 heteroatoms. The molecule has 0 aliphatic carbocycles. The predicted molar refractivity (Wildman–Crippen MR) is 78.7 cm³/mol. The minimum absolute atomic E-state index is 0.154. The molecule has 1 N–H and O–H groups in total. The molecule has 0 saturated heterocycles. The van der Waals surface area contributed by atoms with Gasteiger partial charge in [0, 0.05) is 11.1 Å². The van der Waals surface area contributed by atoms with Gasteiger partial charge in [0.1, 0.15) is 0 Å². The van der Waals surface area contributed by atoms with E-state index in [1.807, 2.05) is 24.3 Å². The molecule has 0 aliphatic rings. The molecule has 0 bridgehead atoms. The number of halogens is 1. The third-order valence-corrected chi connectivity index (χ3v) is 3.38. The second-order valence-corrected chi connectivity index (χ2v) is 5.07. The van der Waals surface area contributed by atoms with Gasteiger partial charge in [0.05, 0.1) is 12.8 Å². The molecular weight excluding hydrogens is 290 g/mol. The first kappa shape index (κ1) is 13.9. The van der Waals surface area contributed by atoms with Gasteiger partial charge in [0.25, 0.3) is 5.89 Å². The third kappa shape index (κ3) is 3.32. The van der Waals surface area contributed by atoms with Gasteiger partial charge in [-0.05, 0) is 36.8 Å². The minimum atomic E-state index is 0.154. The Hall–Kier alpha value is -2.11. The molecule has 2 aromatic heterocycles. The van der Waals surface area contributed by atoms with Gasteiger partial charge in [-0.15, -0.1) is 10.2 Å². The average Bonchev–Trinajstić information content (AvgIpc) is 3.16. The normalized spacial score (nSPS) is 12.5. The standard InChI is InChI=1S/C15H14ClN3O2/c1-10(11-4-6-12(16)7-5-11)17-9-14-18-19-15(21-14)13-3-2-8-20-13/h2-8,10,17H,9H2,1H3/t10-/m1/s1. The maximum Gasteiger partial charge on any atom is 0.283 e. The minimum Gasteiger partial charge on any atom is -0.459 e. The van der Waals surface area contributed by atoms with Gasteiger partial charge in [-0.3, -0.25) is 0 Å². The molecule has 1 atom stereocenters. The van der Waals surface area contributed by atoms with Gasteiger partial charge in [-0.25, -0.2) is 0 Å². The molecule has 0 unspecified atom stereocenters. The lowest BCUT2D eigenvalue weighted by atomic mass is 10.1. The van der Waals surface area contributed by atoms with E-state index in [4.69, 9.17) is 20.4 Å². The van der Waals surface area contributed by atoms with Crippen molar-refractivity contribution in [2.45, 2.75) is 19.5 Å². The van der Waals surface area contributed by atoms with Gasteiger partial charge in [0.2, 0.25) is 5.89 Å². The average molecular weight is 304 g/mol. The van der Waals surface area contributed by atoms with Crippen molar-refractivity contribution in [1.82, 2.24) is 15.5 Å². The summed E-state index contributed by atoms with van der Waals surface area (Å²) in [5, 5.41) is 12.0. The van der Waals surface area contributed by atoms with Crippen LogP contribution >= 0.6 is 11.6 Å². The van der Waals surface area contributed by atoms with Crippen LogP contribution in [0.1, 0.15) is 24.4 Å². The first-order valence-electron chi connectivity index (χ1n) is 6.57. The number of hydrogen-bond acceptors (Lipinski definition) is 5. The molecule has 0 fully saturated rings. The summed E-state index contributed by atoms with van der Waals surface area (Å²) in [7, 11) is 0. The fourth-order valence-electron chi connectivity index (χ4n) is 1.93. The summed E-state index contributed by atoms with van der Waals surface area (Å²) >= 11 is 5.88. The Labute approximate surface area is 126 Å². The largest absolute Gasteiger partial charge is 0.459 e. The number of nitrogens with zero attached hydrogens (tertiary/aromatic N) is 2. The van der Waals surface area contributed by atoms with Gasteiger partial charge in [-0.2, -0.15) is 0 Å². The number of hydrogen-bond donors (Lipinski definition) is 1. The fourth-order valence-corrected chi connectivity index (χ4v) is 2.06. The van der Waals surface area contributed by atoms with Crippen LogP contribution in [0.3, 0.4) is 0 Å². The summed E-state index contributed by atoms with van der Waals surface area (Å²) in [6.45, 7) is 2.55. The van der Waals surface area contributed by atoms with E-state index in [1.54, 1.807) is 18.4 Å². The molecule has 3 aromatic rings. The van der Waals surface area contributed by atoms with Crippen LogP contribution in [0.4, 0.5) is 0 Å². The van der Waals surface area contributed by atoms with E-state index in [0.717, 1.165) is 10.6 Å². The highest BCUT2D eigenvalue weighted by Crippen LogP contribution is 2.19. The first-order chi connectivity index (χ1) is 10.2. The van der Waals surface area contributed by atoms with Gasteiger partial charge in [-0.1, -0.05) is 23.7 Å². The molecule has 3 rings (SSSR count). The summed E-state index contributed by atoms with van der Waals surface area (Å²) in [5.41, 5.74) is 1.14. The highest BCUT2D eigenvalue weighted by Gasteiger charge is 2.12. The maximum atomic E-state index is 5.88. The Bertz CT molecular complexity index is 692. The van der Waals surface area contributed by atoms with Crippen molar-refractivity contribution in [2.75, 3.05) is 0 Å². The highest BCUT2D eigenvalue weighted by atomic mass is 35.5. The molecule has 5 nitrogen and oxygen atoms in total. The molecule has 0 saturated carbocycles. The zero-order valence-electron chi connectivity index (χ0n) is 11.4. The van der Waals surface area contributed by atoms with Crippen molar-refractivity contribution in [2.24, 2.45) is 0 Å². The fraction of sp³-hybridized carbons (Fsp3) is 0.200. The Kier molecular flexibility index (Phi) is 4.03. The molecular formula is C15H14ClN3O2. The van der Waals surface area contributed by atoms with E-state index in [-0.39, 0.29) is 6.04 Å². The van der Waals surface area contributed by atoms with Crippen LogP contribution in [-0.2, 0) is 6.54 Å². The lowest BCUT2D eigenvalue weighted by molar-refractivity contribution is 0.443. The second-order valence-electron chi connectivity index (χ2n) is 4.63. The van der Waals surface area contributed by atoms with Crippen molar-refractivity contribution in [3.63, 3.8) is 0 Å². The number of aromatic nitrogens is 2. The monoisotopic (exact) mass is 303 g/mol. The van der Waals surface area contributed by atoms with Crippen molar-refractivity contribution < 1.29 is 8.83 Å². The Morgan fingerprint density at radius 2 is 2.00 bits per heavy atom. The molecule has 108 valence electrons. The summed E-state index contributed by atoms with van der Waals surface area (Å²) in [6, 6.07) is 11.4. The molecule has 0 radical (unpaired) electrons. The van der Waals surface area contributed by atoms with Crippen LogP contribution in [0, 0.1) is 0 Å². The maximum absolute atomic E-state index is 5.88. The molecule has 0 spiro atoms. The summed E-state index contributed by atoms with van der Waals surface area (Å²) in [5.74, 6) is 1.47. The highest BCUT2D eigenvalue weighted by molar-refractivity contribution is 6.30. The van der Waals surface area contributed by atoms with Crippen LogP contribution in [0.2, 0.25) is 5.02 Å². The van der Waals surface area contributed by atoms with E-state index >= 15 is 0 Å². The smallest absolute Gasteiger partial charge is 0.283 e. The lowest BCUT2D eigenvalue weighted by Gasteiger charge is -2.12. The van der Waals surface area contributed by atoms with Gasteiger partial charge >= 0.3 is 0 Å². The van der Waals surface area contributed by atoms with Crippen molar-refractivity contribution >= 4 is 11.6 Å². The van der Waals surface area contributed by atoms with Crippen LogP contribution in [0.5, 0.6) is 0 Å². The molecule has 0 aliphatic heterocycles. The molecule has 21 heavy (non-hydrogen) atoms. The Morgan fingerprint density at radius 1 is 1.19 bits per heavy atom. The van der Waals surface area contributed by atoms with Gasteiger partial charge in [0.15, 0.2) is 5.76 Å². The predicted octanol–water partition coefficient (Wildman–Crippen LogP) is 3.83. The Balaban J connectivity index is 1.61. The van der Waals surface area contributed by atoms with Crippen LogP contribution in [0.25, 0.3) is 11.7 Å². The topological polar surface area (TPSA) is 64.1 Å². The summed E-state index contributed by atoms with van der Waals surface area (Å²) in [4.78, 5) is 0. The van der Waals surface area contributed by atoms with E-state index in [9.17, 15) is 0 Å². The first-order valence-corrected chi connectivity index (χ1v) is 6.95. The van der Waals surface area contributed by atoms with Crippen molar-refractivity contribution in [3.05, 3.63) is 59.1 Å². The number of furan rings is 1. The number of nitrogens with one attached hydrogen (secondary N) is 1. The molecule has 2 heterocycles. The lowest BCUT2D eigenvalue weighted by Crippen LogP contribution is -2.18. The van der Waals surface area contributed by atoms with E-state index < -0.39 is 0 Å². The number of benzene rings is 1. The number of rotatable bonds is 5. The van der Waals surface area contributed by atoms with Crippen molar-refractivity contribution in [1.29, 1.82) is 0 Å². The van der Waals surface area contributed by atoms with Gasteiger partial charge < -0.3 is 14.2 Å². The van der Waals surface area contributed by atoms with E-state index in [0.29, 0.717) is 24.1 Å². The van der Waals surface area contributed by atoms with Crippen LogP contribution in [0.15, 0.2) is 51.5 Å². The summed E-state index contributed by atoms with van der Waals surface area (Å²) in [6.07, 6.45) is 1.57.